The molecule has 0 aromatic carbocycles. The first-order valence-electron chi connectivity index (χ1n) is 14.0. The van der Waals surface area contributed by atoms with Crippen molar-refractivity contribution in [2.75, 3.05) is 6.61 Å². The van der Waals surface area contributed by atoms with Crippen LogP contribution in [-0.4, -0.2) is 69.1 Å². The van der Waals surface area contributed by atoms with Crippen molar-refractivity contribution in [1.82, 2.24) is 0 Å². The fraction of sp³-hybridized carbons (Fsp3) is 0.724. The molecule has 7 atom stereocenters. The van der Waals surface area contributed by atoms with Gasteiger partial charge in [-0.1, -0.05) is 19.4 Å². The second-order valence-electron chi connectivity index (χ2n) is 12.3. The van der Waals surface area contributed by atoms with Gasteiger partial charge in [0, 0.05) is 11.8 Å². The van der Waals surface area contributed by atoms with E-state index >= 15 is 0 Å². The molecule has 0 radical (unpaired) electrons. The molecule has 0 aromatic heterocycles. The maximum atomic E-state index is 13.8. The van der Waals surface area contributed by atoms with Crippen LogP contribution < -0.4 is 0 Å². The van der Waals surface area contributed by atoms with Crippen LogP contribution >= 0.6 is 0 Å². The molecule has 3 fully saturated rings. The van der Waals surface area contributed by atoms with Crippen LogP contribution in [-0.2, 0) is 38.2 Å². The molecule has 220 valence electrons. The summed E-state index contributed by atoms with van der Waals surface area (Å²) in [5, 5.41) is 29.5. The molecule has 11 nitrogen and oxygen atoms in total. The van der Waals surface area contributed by atoms with Crippen LogP contribution in [0.1, 0.15) is 84.5 Å². The fourth-order valence-electron chi connectivity index (χ4n) is 8.36. The van der Waals surface area contributed by atoms with E-state index in [1.165, 1.54) is 0 Å². The molecule has 0 spiro atoms. The Kier molecular flexibility index (Phi) is 8.27. The average Bonchev–Trinajstić information content (AvgIpc) is 3.17. The Morgan fingerprint density at radius 3 is 2.23 bits per heavy atom. The maximum absolute atomic E-state index is 13.8. The summed E-state index contributed by atoms with van der Waals surface area (Å²) in [5.74, 6) is -4.95. The summed E-state index contributed by atoms with van der Waals surface area (Å²) >= 11 is 0. The van der Waals surface area contributed by atoms with Gasteiger partial charge in [0.1, 0.15) is 0 Å². The minimum absolute atomic E-state index is 0.00499. The van der Waals surface area contributed by atoms with Crippen LogP contribution in [0.5, 0.6) is 0 Å². The molecule has 0 aromatic rings. The van der Waals surface area contributed by atoms with Gasteiger partial charge >= 0.3 is 23.9 Å². The van der Waals surface area contributed by atoms with E-state index in [0.29, 0.717) is 32.1 Å². The molecule has 4 aliphatic carbocycles. The molecule has 4 rings (SSSR count). The van der Waals surface area contributed by atoms with Gasteiger partial charge in [-0.05, 0) is 67.8 Å². The second kappa shape index (κ2) is 11.1. The number of esters is 2. The quantitative estimate of drug-likeness (QED) is 0.333. The van der Waals surface area contributed by atoms with E-state index in [1.807, 2.05) is 6.92 Å². The number of aliphatic hydroxyl groups excluding tert-OH is 1. The third kappa shape index (κ3) is 5.20. The SMILES string of the molecule is C[C@]12CCC(=O)C=C1CC[C@@H]1[C@@H]2[C@@H](O)C[C@@]2(C)[C@H]1CC[C@]2(OC(=O)CCC(=O)O)C(=O)COC(=O)CCC(=O)O. The van der Waals surface area contributed by atoms with E-state index in [0.717, 1.165) is 5.57 Å². The number of aliphatic carboxylic acids is 2. The van der Waals surface area contributed by atoms with Gasteiger partial charge in [0.15, 0.2) is 18.0 Å². The number of rotatable bonds is 10. The minimum Gasteiger partial charge on any atom is -0.481 e. The Hall–Kier alpha value is -3.08. The van der Waals surface area contributed by atoms with E-state index in [4.69, 9.17) is 19.7 Å². The van der Waals surface area contributed by atoms with Crippen molar-refractivity contribution in [3.63, 3.8) is 0 Å². The number of carbonyl (C=O) groups excluding carboxylic acids is 4. The van der Waals surface area contributed by atoms with Crippen molar-refractivity contribution in [1.29, 1.82) is 0 Å². The first-order valence-corrected chi connectivity index (χ1v) is 14.0. The van der Waals surface area contributed by atoms with Crippen LogP contribution in [0.3, 0.4) is 0 Å². The van der Waals surface area contributed by atoms with Gasteiger partial charge in [0.2, 0.25) is 5.78 Å². The summed E-state index contributed by atoms with van der Waals surface area (Å²) in [4.78, 5) is 72.8. The largest absolute Gasteiger partial charge is 0.481 e. The number of ketones is 2. The molecular formula is C29H38O11. The average molecular weight is 563 g/mol. The highest BCUT2D eigenvalue weighted by Gasteiger charge is 2.70. The first-order chi connectivity index (χ1) is 18.7. The normalized spacial score (nSPS) is 36.4. The summed E-state index contributed by atoms with van der Waals surface area (Å²) in [6.45, 7) is 3.19. The van der Waals surface area contributed by atoms with Crippen LogP contribution in [0.25, 0.3) is 0 Å². The van der Waals surface area contributed by atoms with Crippen molar-refractivity contribution in [2.24, 2.45) is 28.6 Å². The van der Waals surface area contributed by atoms with E-state index in [2.05, 4.69) is 6.92 Å². The molecule has 0 aliphatic heterocycles. The highest BCUT2D eigenvalue weighted by atomic mass is 16.6. The molecule has 0 unspecified atom stereocenters. The van der Waals surface area contributed by atoms with Crippen LogP contribution in [0.2, 0.25) is 0 Å². The summed E-state index contributed by atoms with van der Waals surface area (Å²) in [6, 6.07) is 0. The van der Waals surface area contributed by atoms with Gasteiger partial charge in [0.25, 0.3) is 0 Å². The number of hydrogen-bond acceptors (Lipinski definition) is 9. The molecule has 0 heterocycles. The molecule has 0 bridgehead atoms. The molecule has 4 aliphatic rings. The van der Waals surface area contributed by atoms with E-state index in [1.54, 1.807) is 6.08 Å². The lowest BCUT2D eigenvalue weighted by atomic mass is 9.45. The monoisotopic (exact) mass is 562 g/mol. The number of hydrogen-bond donors (Lipinski definition) is 3. The zero-order valence-electron chi connectivity index (χ0n) is 23.0. The van der Waals surface area contributed by atoms with Crippen LogP contribution in [0, 0.1) is 28.6 Å². The molecule has 0 saturated heterocycles. The summed E-state index contributed by atoms with van der Waals surface area (Å²) in [6.07, 6.45) is 2.31. The highest BCUT2D eigenvalue weighted by molar-refractivity contribution is 5.94. The standard InChI is InChI=1S/C29H38O11/c1-27-11-9-17(30)13-16(27)3-4-18-19-10-12-29(40-25(38)8-6-23(35)36,28(19,2)14-20(31)26(18)27)21(32)15-39-24(37)7-5-22(33)34/h13,18-20,26,31H,3-12,14-15H2,1-2H3,(H,33,34)(H,35,36)/t18-,19-,20-,26+,27-,28-,29-/m0/s1. The predicted molar refractivity (Wildman–Crippen MR) is 137 cm³/mol. The maximum Gasteiger partial charge on any atom is 0.307 e. The molecule has 3 N–H and O–H groups in total. The summed E-state index contributed by atoms with van der Waals surface area (Å²) in [5.41, 5.74) is -2.06. The van der Waals surface area contributed by atoms with Gasteiger partial charge in [-0.3, -0.25) is 28.8 Å². The Balaban J connectivity index is 1.64. The first kappa shape index (κ1) is 29.9. The van der Waals surface area contributed by atoms with Crippen LogP contribution in [0.15, 0.2) is 11.6 Å². The number of aliphatic hydroxyl groups is 1. The number of fused-ring (bicyclic) bond motifs is 5. The fourth-order valence-corrected chi connectivity index (χ4v) is 8.36. The highest BCUT2D eigenvalue weighted by Crippen LogP contribution is 2.68. The lowest BCUT2D eigenvalue weighted by Gasteiger charge is -2.60. The molecular weight excluding hydrogens is 524 g/mol. The molecule has 3 saturated carbocycles. The van der Waals surface area contributed by atoms with Crippen molar-refractivity contribution in [3.05, 3.63) is 11.6 Å². The number of allylic oxidation sites excluding steroid dienone is 1. The second-order valence-corrected chi connectivity index (χ2v) is 12.3. The van der Waals surface area contributed by atoms with Gasteiger partial charge in [-0.25, -0.2) is 0 Å². The Labute approximate surface area is 232 Å². The van der Waals surface area contributed by atoms with E-state index in [-0.39, 0.29) is 41.8 Å². The van der Waals surface area contributed by atoms with Crippen molar-refractivity contribution in [2.45, 2.75) is 96.2 Å². The number of Topliss-reactive ketones (excluding diaryl/α,β-unsaturated/α-hetero) is 1. The van der Waals surface area contributed by atoms with Gasteiger partial charge in [-0.2, -0.15) is 0 Å². The smallest absolute Gasteiger partial charge is 0.307 e. The number of ether oxygens (including phenoxy) is 2. The van der Waals surface area contributed by atoms with Crippen LogP contribution in [0.4, 0.5) is 0 Å². The van der Waals surface area contributed by atoms with Gasteiger partial charge in [0.05, 0.1) is 31.8 Å². The molecule has 40 heavy (non-hydrogen) atoms. The lowest BCUT2D eigenvalue weighted by molar-refractivity contribution is -0.203. The Bertz CT molecular complexity index is 1140. The Morgan fingerprint density at radius 2 is 1.57 bits per heavy atom. The predicted octanol–water partition coefficient (Wildman–Crippen LogP) is 2.61. The zero-order valence-corrected chi connectivity index (χ0v) is 23.0. The van der Waals surface area contributed by atoms with Crippen molar-refractivity contribution in [3.8, 4) is 0 Å². The summed E-state index contributed by atoms with van der Waals surface area (Å²) in [7, 11) is 0. The van der Waals surface area contributed by atoms with Gasteiger partial charge < -0.3 is 24.8 Å². The number of carbonyl (C=O) groups is 6. The summed E-state index contributed by atoms with van der Waals surface area (Å²) < 4.78 is 11.0. The molecule has 11 heteroatoms. The third-order valence-electron chi connectivity index (χ3n) is 10.2. The van der Waals surface area contributed by atoms with Crippen molar-refractivity contribution < 1.29 is 53.6 Å². The third-order valence-corrected chi connectivity index (χ3v) is 10.2. The minimum atomic E-state index is -1.74. The van der Waals surface area contributed by atoms with Crippen molar-refractivity contribution >= 4 is 35.4 Å². The van der Waals surface area contributed by atoms with E-state index < -0.39 is 79.1 Å². The topological polar surface area (TPSA) is 182 Å². The number of carboxylic acid groups (broad SMARTS) is 2. The number of carboxylic acids is 2. The lowest BCUT2D eigenvalue weighted by Crippen LogP contribution is -2.63. The molecule has 0 amide bonds. The van der Waals surface area contributed by atoms with Gasteiger partial charge in [-0.15, -0.1) is 0 Å². The zero-order chi connectivity index (χ0) is 29.5. The van der Waals surface area contributed by atoms with E-state index in [9.17, 15) is 33.9 Å². The Morgan fingerprint density at radius 1 is 0.925 bits per heavy atom.